The Bertz CT molecular complexity index is 868. The number of rotatable bonds is 7. The summed E-state index contributed by atoms with van der Waals surface area (Å²) >= 11 is 0. The number of carbonyl (C=O) groups is 2. The molecule has 1 N–H and O–H groups in total. The number of hydrogen-bond acceptors (Lipinski definition) is 5. The van der Waals surface area contributed by atoms with E-state index in [1.165, 1.54) is 6.42 Å². The molecule has 166 valence electrons. The van der Waals surface area contributed by atoms with Crippen molar-refractivity contribution in [1.82, 2.24) is 15.2 Å². The molecule has 30 heavy (non-hydrogen) atoms. The maximum Gasteiger partial charge on any atom is 0.310 e. The number of aromatic nitrogens is 2. The summed E-state index contributed by atoms with van der Waals surface area (Å²) < 4.78 is 7.13. The molecule has 7 nitrogen and oxygen atoms in total. The molecule has 0 saturated heterocycles. The smallest absolute Gasteiger partial charge is 0.310 e. The van der Waals surface area contributed by atoms with Gasteiger partial charge in [0, 0.05) is 28.9 Å². The molecule has 7 heteroatoms. The highest BCUT2D eigenvalue weighted by Gasteiger charge is 2.60. The van der Waals surface area contributed by atoms with Crippen molar-refractivity contribution in [2.75, 3.05) is 6.61 Å². The summed E-state index contributed by atoms with van der Waals surface area (Å²) in [6, 6.07) is 0. The third-order valence-electron chi connectivity index (χ3n) is 7.58. The van der Waals surface area contributed by atoms with Gasteiger partial charge in [-0.25, -0.2) is 5.43 Å². The van der Waals surface area contributed by atoms with Gasteiger partial charge in [0.2, 0.25) is 0 Å². The second-order valence-corrected chi connectivity index (χ2v) is 10.1. The van der Waals surface area contributed by atoms with Gasteiger partial charge in [0.25, 0.3) is 5.91 Å². The molecule has 2 aliphatic carbocycles. The predicted octanol–water partition coefficient (Wildman–Crippen LogP) is 3.56. The number of hydrogen-bond donors (Lipinski definition) is 1. The lowest BCUT2D eigenvalue weighted by molar-refractivity contribution is -0.147. The average Bonchev–Trinajstić information content (AvgIpc) is 3.12. The zero-order chi connectivity index (χ0) is 22.3. The predicted molar refractivity (Wildman–Crippen MR) is 116 cm³/mol. The van der Waals surface area contributed by atoms with E-state index < -0.39 is 11.9 Å². The first-order chi connectivity index (χ1) is 14.0. The fourth-order valence-electron chi connectivity index (χ4n) is 5.11. The molecule has 2 bridgehead atoms. The van der Waals surface area contributed by atoms with Crippen LogP contribution in [0.2, 0.25) is 0 Å². The van der Waals surface area contributed by atoms with Crippen LogP contribution in [-0.4, -0.2) is 34.0 Å². The summed E-state index contributed by atoms with van der Waals surface area (Å²) in [5, 5.41) is 8.93. The van der Waals surface area contributed by atoms with E-state index in [1.54, 1.807) is 0 Å². The Morgan fingerprint density at radius 1 is 1.30 bits per heavy atom. The minimum absolute atomic E-state index is 0.0345. The monoisotopic (exact) mass is 416 g/mol. The van der Waals surface area contributed by atoms with Crippen molar-refractivity contribution in [1.29, 1.82) is 0 Å². The maximum atomic E-state index is 12.3. The van der Waals surface area contributed by atoms with Gasteiger partial charge in [-0.3, -0.25) is 14.3 Å². The molecule has 0 radical (unpaired) electrons. The summed E-state index contributed by atoms with van der Waals surface area (Å²) in [5.41, 5.74) is 6.57. The molecule has 2 atom stereocenters. The van der Waals surface area contributed by atoms with E-state index in [0.29, 0.717) is 11.8 Å². The van der Waals surface area contributed by atoms with Crippen molar-refractivity contribution in [2.24, 2.45) is 27.8 Å². The topological polar surface area (TPSA) is 85.6 Å². The minimum atomic E-state index is -0.430. The summed E-state index contributed by atoms with van der Waals surface area (Å²) in [5.74, 6) is 0.264. The Hall–Kier alpha value is -2.18. The van der Waals surface area contributed by atoms with Crippen LogP contribution in [0.3, 0.4) is 0 Å². The Labute approximate surface area is 179 Å². The molecule has 1 aromatic rings. The van der Waals surface area contributed by atoms with Gasteiger partial charge in [-0.05, 0) is 50.4 Å². The Morgan fingerprint density at radius 3 is 2.57 bits per heavy atom. The van der Waals surface area contributed by atoms with E-state index in [4.69, 9.17) is 4.74 Å². The lowest BCUT2D eigenvalue weighted by Crippen LogP contribution is -2.35. The van der Waals surface area contributed by atoms with Crippen LogP contribution in [0.4, 0.5) is 0 Å². The fraction of sp³-hybridized carbons (Fsp3) is 0.739. The fourth-order valence-corrected chi connectivity index (χ4v) is 5.11. The maximum absolute atomic E-state index is 12.3. The normalized spacial score (nSPS) is 25.9. The highest BCUT2D eigenvalue weighted by atomic mass is 16.5. The van der Waals surface area contributed by atoms with Crippen LogP contribution < -0.4 is 5.43 Å². The zero-order valence-corrected chi connectivity index (χ0v) is 19.5. The first-order valence-electron chi connectivity index (χ1n) is 11.0. The van der Waals surface area contributed by atoms with Crippen molar-refractivity contribution in [3.63, 3.8) is 0 Å². The standard InChI is InChI=1S/C23H36N4O3/c1-14(2)12-27-16(4)18(15(3)26-27)11-21(29)30-13-20(28)25-24-19-10-17-8-9-23(19,7)22(17,5)6/h14,17H,8-13H2,1-7H3,(H,25,28)/b24-19+. The van der Waals surface area contributed by atoms with Crippen LogP contribution in [0.15, 0.2) is 5.10 Å². The van der Waals surface area contributed by atoms with Crippen LogP contribution in [-0.2, 0) is 27.3 Å². The first kappa shape index (κ1) is 22.5. The lowest BCUT2D eigenvalue weighted by Gasteiger charge is -2.34. The highest BCUT2D eigenvalue weighted by Crippen LogP contribution is 2.63. The first-order valence-corrected chi connectivity index (χ1v) is 11.0. The van der Waals surface area contributed by atoms with E-state index in [2.05, 4.69) is 50.2 Å². The second-order valence-electron chi connectivity index (χ2n) is 10.1. The molecule has 3 rings (SSSR count). The molecule has 2 unspecified atom stereocenters. The van der Waals surface area contributed by atoms with E-state index in [-0.39, 0.29) is 23.9 Å². The van der Waals surface area contributed by atoms with Gasteiger partial charge in [-0.15, -0.1) is 0 Å². The molecule has 0 aromatic carbocycles. The van der Waals surface area contributed by atoms with Gasteiger partial charge in [-0.2, -0.15) is 10.2 Å². The molecule has 2 fully saturated rings. The van der Waals surface area contributed by atoms with Crippen LogP contribution in [0.5, 0.6) is 0 Å². The summed E-state index contributed by atoms with van der Waals surface area (Å²) in [6.45, 7) is 15.4. The average molecular weight is 417 g/mol. The number of carbonyl (C=O) groups excluding carboxylic acids is 2. The summed E-state index contributed by atoms with van der Waals surface area (Å²) in [6.07, 6.45) is 3.38. The molecular formula is C23H36N4O3. The number of nitrogens with one attached hydrogen (secondary N) is 1. The highest BCUT2D eigenvalue weighted by molar-refractivity contribution is 5.95. The third-order valence-corrected chi connectivity index (χ3v) is 7.58. The van der Waals surface area contributed by atoms with Gasteiger partial charge >= 0.3 is 5.97 Å². The molecule has 2 saturated carbocycles. The molecule has 2 aliphatic rings. The largest absolute Gasteiger partial charge is 0.455 e. The number of esters is 1. The zero-order valence-electron chi connectivity index (χ0n) is 19.5. The quantitative estimate of drug-likeness (QED) is 0.544. The van der Waals surface area contributed by atoms with Gasteiger partial charge in [-0.1, -0.05) is 34.6 Å². The van der Waals surface area contributed by atoms with Crippen LogP contribution in [0.25, 0.3) is 0 Å². The molecular weight excluding hydrogens is 380 g/mol. The van der Waals surface area contributed by atoms with Gasteiger partial charge in [0.15, 0.2) is 6.61 Å². The molecule has 0 aliphatic heterocycles. The van der Waals surface area contributed by atoms with Gasteiger partial charge < -0.3 is 4.74 Å². The second kappa shape index (κ2) is 8.16. The number of nitrogens with zero attached hydrogens (tertiary/aromatic N) is 3. The van der Waals surface area contributed by atoms with E-state index in [0.717, 1.165) is 42.0 Å². The molecule has 1 heterocycles. The number of amides is 1. The van der Waals surface area contributed by atoms with Gasteiger partial charge in [0.05, 0.1) is 12.1 Å². The number of ether oxygens (including phenoxy) is 1. The van der Waals surface area contributed by atoms with Crippen molar-refractivity contribution < 1.29 is 14.3 Å². The molecule has 1 aromatic heterocycles. The summed E-state index contributed by atoms with van der Waals surface area (Å²) in [7, 11) is 0. The van der Waals surface area contributed by atoms with E-state index in [9.17, 15) is 9.59 Å². The van der Waals surface area contributed by atoms with Crippen LogP contribution in [0, 0.1) is 36.5 Å². The number of hydrazone groups is 1. The minimum Gasteiger partial charge on any atom is -0.455 e. The van der Waals surface area contributed by atoms with Crippen molar-refractivity contribution in [3.05, 3.63) is 17.0 Å². The van der Waals surface area contributed by atoms with E-state index in [1.807, 2.05) is 18.5 Å². The Balaban J connectivity index is 1.51. The lowest BCUT2D eigenvalue weighted by atomic mass is 9.70. The number of fused-ring (bicyclic) bond motifs is 2. The van der Waals surface area contributed by atoms with E-state index >= 15 is 0 Å². The van der Waals surface area contributed by atoms with Crippen molar-refractivity contribution in [3.8, 4) is 0 Å². The van der Waals surface area contributed by atoms with Crippen molar-refractivity contribution >= 4 is 17.6 Å². The van der Waals surface area contributed by atoms with Gasteiger partial charge in [0.1, 0.15) is 0 Å². The Kier molecular flexibility index (Phi) is 6.12. The van der Waals surface area contributed by atoms with Crippen molar-refractivity contribution in [2.45, 2.75) is 80.7 Å². The number of aryl methyl sites for hydroxylation is 1. The Morgan fingerprint density at radius 2 is 2.00 bits per heavy atom. The molecule has 1 amide bonds. The molecule has 0 spiro atoms. The third kappa shape index (κ3) is 4.03. The SMILES string of the molecule is Cc1nn(CC(C)C)c(C)c1CC(=O)OCC(=O)N/N=C1\CC2CCC1(C)C2(C)C. The van der Waals surface area contributed by atoms with Crippen LogP contribution >= 0.6 is 0 Å². The van der Waals surface area contributed by atoms with Crippen LogP contribution in [0.1, 0.15) is 70.8 Å². The summed E-state index contributed by atoms with van der Waals surface area (Å²) in [4.78, 5) is 24.5.